The van der Waals surface area contributed by atoms with Crippen molar-refractivity contribution >= 4 is 11.8 Å². The Hall–Kier alpha value is -0.860. The Bertz CT molecular complexity index is 497. The van der Waals surface area contributed by atoms with Crippen LogP contribution in [0.3, 0.4) is 0 Å². The van der Waals surface area contributed by atoms with Crippen LogP contribution >= 0.6 is 0 Å². The molecular formula is C18H27NO2. The molecule has 3 heteroatoms. The average Bonchev–Trinajstić information content (AvgIpc) is 3.00. The minimum absolute atomic E-state index is 0.0798. The van der Waals surface area contributed by atoms with Crippen molar-refractivity contribution in [3.63, 3.8) is 0 Å². The van der Waals surface area contributed by atoms with E-state index in [1.165, 1.54) is 32.1 Å². The first-order valence-electron chi connectivity index (χ1n) is 8.85. The highest BCUT2D eigenvalue weighted by Crippen LogP contribution is 2.64. The summed E-state index contributed by atoms with van der Waals surface area (Å²) in [7, 11) is 0. The lowest BCUT2D eigenvalue weighted by atomic mass is 9.61. The van der Waals surface area contributed by atoms with Crippen molar-refractivity contribution in [1.82, 2.24) is 4.90 Å². The van der Waals surface area contributed by atoms with Crippen LogP contribution in [0, 0.1) is 35.0 Å². The van der Waals surface area contributed by atoms with Crippen LogP contribution in [0.5, 0.6) is 0 Å². The number of carbonyl (C=O) groups is 2. The van der Waals surface area contributed by atoms with Crippen LogP contribution in [-0.2, 0) is 9.59 Å². The van der Waals surface area contributed by atoms with Crippen LogP contribution in [0.4, 0.5) is 0 Å². The largest absolute Gasteiger partial charge is 0.278 e. The third kappa shape index (κ3) is 1.61. The highest BCUT2D eigenvalue weighted by molar-refractivity contribution is 6.04. The van der Waals surface area contributed by atoms with Crippen LogP contribution in [-0.4, -0.2) is 22.8 Å². The van der Waals surface area contributed by atoms with Crippen molar-refractivity contribution in [2.24, 2.45) is 35.0 Å². The summed E-state index contributed by atoms with van der Waals surface area (Å²) in [5, 5.41) is 0. The highest BCUT2D eigenvalue weighted by atomic mass is 16.2. The lowest BCUT2D eigenvalue weighted by Crippen LogP contribution is -2.69. The summed E-state index contributed by atoms with van der Waals surface area (Å²) in [6.07, 6.45) is 7.38. The van der Waals surface area contributed by atoms with Crippen LogP contribution in [0.15, 0.2) is 0 Å². The second-order valence-electron chi connectivity index (χ2n) is 8.44. The predicted molar refractivity (Wildman–Crippen MR) is 80.2 cm³/mol. The van der Waals surface area contributed by atoms with Crippen molar-refractivity contribution in [2.45, 2.75) is 65.3 Å². The van der Waals surface area contributed by atoms with Gasteiger partial charge in [0.2, 0.25) is 11.8 Å². The number of likely N-dealkylation sites (tertiary alicyclic amines) is 1. The number of carbonyl (C=O) groups excluding carboxylic acids is 2. The third-order valence-corrected chi connectivity index (χ3v) is 7.29. The third-order valence-electron chi connectivity index (χ3n) is 7.29. The molecule has 6 atom stereocenters. The lowest BCUT2D eigenvalue weighted by molar-refractivity contribution is -0.179. The van der Waals surface area contributed by atoms with E-state index in [1.807, 2.05) is 20.8 Å². The van der Waals surface area contributed by atoms with Gasteiger partial charge in [-0.1, -0.05) is 33.6 Å². The topological polar surface area (TPSA) is 37.4 Å². The minimum atomic E-state index is -0.394. The molecule has 3 aliphatic carbocycles. The summed E-state index contributed by atoms with van der Waals surface area (Å²) in [6, 6.07) is 0.264. The van der Waals surface area contributed by atoms with Gasteiger partial charge in [-0.15, -0.1) is 0 Å². The number of imide groups is 1. The zero-order valence-corrected chi connectivity index (χ0v) is 13.5. The van der Waals surface area contributed by atoms with Gasteiger partial charge in [-0.05, 0) is 49.4 Å². The standard InChI is InChI=1S/C18H27NO2/c1-4-18(2,3)17(21)19-15-13-9-12(14(15)16(19)20)10-7-5-6-8-11(10)13/h10-15H,4-9H2,1-3H3. The maximum Gasteiger partial charge on any atom is 0.235 e. The Morgan fingerprint density at radius 2 is 1.76 bits per heavy atom. The number of fused-ring (bicyclic) bond motifs is 8. The molecule has 116 valence electrons. The molecule has 0 spiro atoms. The summed E-state index contributed by atoms with van der Waals surface area (Å²) in [5.41, 5.74) is -0.394. The Kier molecular flexibility index (Phi) is 2.84. The Labute approximate surface area is 127 Å². The van der Waals surface area contributed by atoms with Gasteiger partial charge in [0.1, 0.15) is 0 Å². The Morgan fingerprint density at radius 3 is 2.38 bits per heavy atom. The molecule has 0 aromatic carbocycles. The van der Waals surface area contributed by atoms with Gasteiger partial charge in [-0.3, -0.25) is 14.5 Å². The van der Waals surface area contributed by atoms with Crippen molar-refractivity contribution < 1.29 is 9.59 Å². The second-order valence-corrected chi connectivity index (χ2v) is 8.44. The maximum atomic E-state index is 12.8. The molecule has 0 aromatic rings. The number of hydrogen-bond donors (Lipinski definition) is 0. The lowest BCUT2D eigenvalue weighted by Gasteiger charge is -2.54. The fraction of sp³-hybridized carbons (Fsp3) is 0.889. The predicted octanol–water partition coefficient (Wildman–Crippen LogP) is 3.23. The van der Waals surface area contributed by atoms with Gasteiger partial charge in [-0.25, -0.2) is 0 Å². The molecule has 6 unspecified atom stereocenters. The maximum absolute atomic E-state index is 12.8. The normalized spacial score (nSPS) is 44.3. The van der Waals surface area contributed by atoms with Gasteiger partial charge in [-0.2, -0.15) is 0 Å². The molecule has 1 saturated heterocycles. The molecule has 3 saturated carbocycles. The minimum Gasteiger partial charge on any atom is -0.278 e. The molecule has 1 aliphatic heterocycles. The van der Waals surface area contributed by atoms with Gasteiger partial charge >= 0.3 is 0 Å². The van der Waals surface area contributed by atoms with Crippen molar-refractivity contribution in [1.29, 1.82) is 0 Å². The molecule has 2 amide bonds. The van der Waals surface area contributed by atoms with E-state index in [9.17, 15) is 9.59 Å². The number of hydrogen-bond acceptors (Lipinski definition) is 2. The SMILES string of the molecule is CCC(C)(C)C(=O)N1C(=O)C2C3CC(C4CCCCC43)C21. The zero-order chi connectivity index (χ0) is 14.9. The summed E-state index contributed by atoms with van der Waals surface area (Å²) in [4.78, 5) is 27.1. The van der Waals surface area contributed by atoms with Crippen LogP contribution in [0.2, 0.25) is 0 Å². The van der Waals surface area contributed by atoms with Crippen molar-refractivity contribution in [3.8, 4) is 0 Å². The molecule has 4 fully saturated rings. The van der Waals surface area contributed by atoms with E-state index < -0.39 is 5.41 Å². The second kappa shape index (κ2) is 4.33. The van der Waals surface area contributed by atoms with Crippen LogP contribution in [0.1, 0.15) is 59.3 Å². The summed E-state index contributed by atoms with van der Waals surface area (Å²) in [6.45, 7) is 6.00. The van der Waals surface area contributed by atoms with Gasteiger partial charge in [0, 0.05) is 5.41 Å². The summed E-state index contributed by atoms with van der Waals surface area (Å²) < 4.78 is 0. The van der Waals surface area contributed by atoms with Gasteiger partial charge in [0.15, 0.2) is 0 Å². The smallest absolute Gasteiger partial charge is 0.235 e. The molecule has 0 radical (unpaired) electrons. The van der Waals surface area contributed by atoms with Gasteiger partial charge in [0.05, 0.1) is 12.0 Å². The van der Waals surface area contributed by atoms with E-state index in [0.29, 0.717) is 11.8 Å². The van der Waals surface area contributed by atoms with E-state index in [0.717, 1.165) is 18.3 Å². The molecule has 21 heavy (non-hydrogen) atoms. The van der Waals surface area contributed by atoms with Crippen LogP contribution in [0.25, 0.3) is 0 Å². The van der Waals surface area contributed by atoms with Gasteiger partial charge < -0.3 is 0 Å². The van der Waals surface area contributed by atoms with E-state index in [2.05, 4.69) is 0 Å². The van der Waals surface area contributed by atoms with E-state index in [1.54, 1.807) is 4.90 Å². The van der Waals surface area contributed by atoms with E-state index >= 15 is 0 Å². The number of β-lactam (4-membered cyclic amide) rings is 1. The number of nitrogens with zero attached hydrogens (tertiary/aromatic N) is 1. The highest BCUT2D eigenvalue weighted by Gasteiger charge is 2.69. The zero-order valence-electron chi connectivity index (χ0n) is 13.5. The first kappa shape index (κ1) is 13.8. The molecule has 2 bridgehead atoms. The fourth-order valence-corrected chi connectivity index (χ4v) is 5.86. The molecule has 4 aliphatic rings. The summed E-state index contributed by atoms with van der Waals surface area (Å²) >= 11 is 0. The van der Waals surface area contributed by atoms with E-state index in [-0.39, 0.29) is 23.8 Å². The van der Waals surface area contributed by atoms with E-state index in [4.69, 9.17) is 0 Å². The monoisotopic (exact) mass is 289 g/mol. The molecule has 3 nitrogen and oxygen atoms in total. The number of rotatable bonds is 2. The fourth-order valence-electron chi connectivity index (χ4n) is 5.86. The summed E-state index contributed by atoms with van der Waals surface area (Å²) in [5.74, 6) is 3.26. The molecule has 4 rings (SSSR count). The average molecular weight is 289 g/mol. The number of amides is 2. The molecule has 1 heterocycles. The molecule has 0 N–H and O–H groups in total. The molecule has 0 aromatic heterocycles. The first-order valence-corrected chi connectivity index (χ1v) is 8.85. The molecular weight excluding hydrogens is 262 g/mol. The van der Waals surface area contributed by atoms with Gasteiger partial charge in [0.25, 0.3) is 0 Å². The van der Waals surface area contributed by atoms with Crippen molar-refractivity contribution in [3.05, 3.63) is 0 Å². The van der Waals surface area contributed by atoms with Crippen LogP contribution < -0.4 is 0 Å². The quantitative estimate of drug-likeness (QED) is 0.732. The van der Waals surface area contributed by atoms with Crippen molar-refractivity contribution in [2.75, 3.05) is 0 Å². The Balaban J connectivity index is 1.60. The Morgan fingerprint density at radius 1 is 1.14 bits per heavy atom. The first-order chi connectivity index (χ1) is 9.97.